The van der Waals surface area contributed by atoms with Crippen molar-refractivity contribution in [3.63, 3.8) is 0 Å². The van der Waals surface area contributed by atoms with Crippen molar-refractivity contribution in [3.8, 4) is 0 Å². The minimum atomic E-state index is -0.112. The Balaban J connectivity index is 3.61. The van der Waals surface area contributed by atoms with Crippen LogP contribution in [-0.2, 0) is 9.53 Å². The van der Waals surface area contributed by atoms with E-state index in [1.165, 1.54) is 0 Å². The molecule has 0 aliphatic heterocycles. The van der Waals surface area contributed by atoms with E-state index in [2.05, 4.69) is 6.92 Å². The second kappa shape index (κ2) is 6.89. The Morgan fingerprint density at radius 1 is 1.42 bits per heavy atom. The second-order valence-electron chi connectivity index (χ2n) is 2.86. The number of esters is 1. The molecule has 0 saturated heterocycles. The van der Waals surface area contributed by atoms with E-state index in [0.717, 1.165) is 18.4 Å². The third-order valence-electron chi connectivity index (χ3n) is 1.44. The molecule has 2 heteroatoms. The highest BCUT2D eigenvalue weighted by Crippen LogP contribution is 2.02. The molecule has 12 heavy (non-hydrogen) atoms. The summed E-state index contributed by atoms with van der Waals surface area (Å²) in [6.07, 6.45) is 4.36. The predicted molar refractivity (Wildman–Crippen MR) is 49.9 cm³/mol. The van der Waals surface area contributed by atoms with Gasteiger partial charge in [-0.15, -0.1) is 0 Å². The van der Waals surface area contributed by atoms with Crippen molar-refractivity contribution in [2.24, 2.45) is 0 Å². The van der Waals surface area contributed by atoms with Crippen molar-refractivity contribution in [2.75, 3.05) is 6.61 Å². The molecule has 0 atom stereocenters. The van der Waals surface area contributed by atoms with Crippen molar-refractivity contribution in [2.45, 2.75) is 40.0 Å². The fourth-order valence-electron chi connectivity index (χ4n) is 0.915. The summed E-state index contributed by atoms with van der Waals surface area (Å²) in [4.78, 5) is 11.0. The first-order chi connectivity index (χ1) is 5.70. The molecule has 0 fully saturated rings. The number of carbonyl (C=O) groups is 1. The molecule has 0 bridgehead atoms. The number of hydrogen-bond acceptors (Lipinski definition) is 2. The highest BCUT2D eigenvalue weighted by Gasteiger charge is 2.01. The van der Waals surface area contributed by atoms with Gasteiger partial charge >= 0.3 is 5.97 Å². The zero-order chi connectivity index (χ0) is 9.40. The summed E-state index contributed by atoms with van der Waals surface area (Å²) in [5.41, 5.74) is 1.10. The van der Waals surface area contributed by atoms with Crippen LogP contribution in [-0.4, -0.2) is 12.6 Å². The first-order valence-electron chi connectivity index (χ1n) is 4.52. The zero-order valence-corrected chi connectivity index (χ0v) is 8.22. The van der Waals surface area contributed by atoms with Crippen LogP contribution in [0.1, 0.15) is 40.0 Å². The van der Waals surface area contributed by atoms with Crippen LogP contribution in [0.25, 0.3) is 0 Å². The number of hydrogen-bond donors (Lipinski definition) is 0. The Bertz CT molecular complexity index is 159. The Labute approximate surface area is 74.6 Å². The average Bonchev–Trinajstić information content (AvgIpc) is 2.01. The van der Waals surface area contributed by atoms with Gasteiger partial charge in [-0.25, -0.2) is 0 Å². The standard InChI is InChI=1S/C10H18O2/c1-4-6-9(3)8-10(11)12-7-5-2/h6H,4-5,7-8H2,1-3H3/b9-6-. The summed E-state index contributed by atoms with van der Waals surface area (Å²) in [6.45, 7) is 6.54. The van der Waals surface area contributed by atoms with E-state index in [9.17, 15) is 4.79 Å². The SMILES string of the molecule is CC/C=C(/C)CC(=O)OCCC. The van der Waals surface area contributed by atoms with Gasteiger partial charge in [0.2, 0.25) is 0 Å². The largest absolute Gasteiger partial charge is 0.465 e. The molecular formula is C10H18O2. The van der Waals surface area contributed by atoms with Crippen LogP contribution in [0.2, 0.25) is 0 Å². The van der Waals surface area contributed by atoms with Crippen molar-refractivity contribution in [3.05, 3.63) is 11.6 Å². The van der Waals surface area contributed by atoms with Crippen LogP contribution in [0, 0.1) is 0 Å². The summed E-state index contributed by atoms with van der Waals surface area (Å²) < 4.78 is 4.93. The summed E-state index contributed by atoms with van der Waals surface area (Å²) in [5, 5.41) is 0. The molecule has 0 aliphatic carbocycles. The highest BCUT2D eigenvalue weighted by atomic mass is 16.5. The van der Waals surface area contributed by atoms with E-state index < -0.39 is 0 Å². The number of carbonyl (C=O) groups excluding carboxylic acids is 1. The lowest BCUT2D eigenvalue weighted by atomic mass is 10.2. The molecule has 0 aromatic heterocycles. The van der Waals surface area contributed by atoms with Gasteiger partial charge in [0.1, 0.15) is 0 Å². The van der Waals surface area contributed by atoms with Crippen molar-refractivity contribution in [1.29, 1.82) is 0 Å². The Kier molecular flexibility index (Phi) is 6.44. The zero-order valence-electron chi connectivity index (χ0n) is 8.22. The molecule has 0 heterocycles. The van der Waals surface area contributed by atoms with Crippen LogP contribution in [0.4, 0.5) is 0 Å². The molecule has 70 valence electrons. The number of rotatable bonds is 5. The van der Waals surface area contributed by atoms with E-state index in [0.29, 0.717) is 13.0 Å². The van der Waals surface area contributed by atoms with Crippen LogP contribution in [0.5, 0.6) is 0 Å². The molecule has 0 saturated carbocycles. The summed E-state index contributed by atoms with van der Waals surface area (Å²) in [7, 11) is 0. The second-order valence-corrected chi connectivity index (χ2v) is 2.86. The maximum atomic E-state index is 11.0. The van der Waals surface area contributed by atoms with E-state index in [1.807, 2.05) is 19.9 Å². The molecule has 0 radical (unpaired) electrons. The van der Waals surface area contributed by atoms with Crippen molar-refractivity contribution >= 4 is 5.97 Å². The van der Waals surface area contributed by atoms with Crippen LogP contribution < -0.4 is 0 Å². The number of ether oxygens (including phenoxy) is 1. The predicted octanol–water partition coefficient (Wildman–Crippen LogP) is 2.69. The number of allylic oxidation sites excluding steroid dienone is 1. The van der Waals surface area contributed by atoms with Gasteiger partial charge in [0.15, 0.2) is 0 Å². The monoisotopic (exact) mass is 170 g/mol. The van der Waals surface area contributed by atoms with Gasteiger partial charge in [-0.1, -0.05) is 25.5 Å². The topological polar surface area (TPSA) is 26.3 Å². The van der Waals surface area contributed by atoms with Gasteiger partial charge in [-0.05, 0) is 19.8 Å². The minimum Gasteiger partial charge on any atom is -0.465 e. The molecule has 0 aromatic rings. The molecule has 0 aliphatic rings. The summed E-state index contributed by atoms with van der Waals surface area (Å²) in [6, 6.07) is 0. The van der Waals surface area contributed by atoms with Gasteiger partial charge in [-0.3, -0.25) is 4.79 Å². The van der Waals surface area contributed by atoms with Crippen LogP contribution in [0.15, 0.2) is 11.6 Å². The van der Waals surface area contributed by atoms with Gasteiger partial charge in [-0.2, -0.15) is 0 Å². The van der Waals surface area contributed by atoms with Crippen LogP contribution >= 0.6 is 0 Å². The maximum Gasteiger partial charge on any atom is 0.309 e. The smallest absolute Gasteiger partial charge is 0.309 e. The first kappa shape index (κ1) is 11.2. The van der Waals surface area contributed by atoms with Gasteiger partial charge in [0.05, 0.1) is 13.0 Å². The molecule has 0 rings (SSSR count). The Morgan fingerprint density at radius 2 is 2.08 bits per heavy atom. The van der Waals surface area contributed by atoms with E-state index >= 15 is 0 Å². The lowest BCUT2D eigenvalue weighted by molar-refractivity contribution is -0.142. The molecule has 0 N–H and O–H groups in total. The van der Waals surface area contributed by atoms with Crippen molar-refractivity contribution in [1.82, 2.24) is 0 Å². The summed E-state index contributed by atoms with van der Waals surface area (Å²) >= 11 is 0. The fraction of sp³-hybridized carbons (Fsp3) is 0.700. The Morgan fingerprint density at radius 3 is 2.58 bits per heavy atom. The van der Waals surface area contributed by atoms with Gasteiger partial charge in [0, 0.05) is 0 Å². The normalized spacial score (nSPS) is 11.4. The lowest BCUT2D eigenvalue weighted by Crippen LogP contribution is -2.05. The minimum absolute atomic E-state index is 0.112. The first-order valence-corrected chi connectivity index (χ1v) is 4.52. The van der Waals surface area contributed by atoms with E-state index in [1.54, 1.807) is 0 Å². The molecule has 0 amide bonds. The molecule has 0 aromatic carbocycles. The van der Waals surface area contributed by atoms with E-state index in [-0.39, 0.29) is 5.97 Å². The fourth-order valence-corrected chi connectivity index (χ4v) is 0.915. The molecule has 0 spiro atoms. The average molecular weight is 170 g/mol. The van der Waals surface area contributed by atoms with E-state index in [4.69, 9.17) is 4.74 Å². The third kappa shape index (κ3) is 5.96. The quantitative estimate of drug-likeness (QED) is 0.468. The molecule has 2 nitrogen and oxygen atoms in total. The van der Waals surface area contributed by atoms with Crippen LogP contribution in [0.3, 0.4) is 0 Å². The van der Waals surface area contributed by atoms with Gasteiger partial charge in [0.25, 0.3) is 0 Å². The third-order valence-corrected chi connectivity index (χ3v) is 1.44. The molecular weight excluding hydrogens is 152 g/mol. The lowest BCUT2D eigenvalue weighted by Gasteiger charge is -2.02. The maximum absolute atomic E-state index is 11.0. The summed E-state index contributed by atoms with van der Waals surface area (Å²) in [5.74, 6) is -0.112. The van der Waals surface area contributed by atoms with Crippen molar-refractivity contribution < 1.29 is 9.53 Å². The Hall–Kier alpha value is -0.790. The highest BCUT2D eigenvalue weighted by molar-refractivity contribution is 5.72. The van der Waals surface area contributed by atoms with Gasteiger partial charge < -0.3 is 4.74 Å². The molecule has 0 unspecified atom stereocenters.